The van der Waals surface area contributed by atoms with E-state index in [1.165, 1.54) is 44.1 Å². The molecule has 59 heavy (non-hydrogen) atoms. The third-order valence-corrected chi connectivity index (χ3v) is 11.6. The van der Waals surface area contributed by atoms with Gasteiger partial charge < -0.3 is 9.47 Å². The summed E-state index contributed by atoms with van der Waals surface area (Å²) in [7, 11) is 2.14. The minimum Gasteiger partial charge on any atom is -0.329 e. The first-order valence-corrected chi connectivity index (χ1v) is 20.1. The second-order valence-corrected chi connectivity index (χ2v) is 15.1. The van der Waals surface area contributed by atoms with Crippen LogP contribution in [0.3, 0.4) is 0 Å². The molecule has 0 saturated carbocycles. The van der Waals surface area contributed by atoms with Crippen LogP contribution in [0.1, 0.15) is 16.7 Å². The number of nitrogens with zero attached hydrogens (tertiary/aromatic N) is 4. The van der Waals surface area contributed by atoms with Gasteiger partial charge >= 0.3 is 0 Å². The summed E-state index contributed by atoms with van der Waals surface area (Å²) in [4.78, 5) is 12.4. The van der Waals surface area contributed by atoms with E-state index in [1.807, 2.05) is 0 Å². The van der Waals surface area contributed by atoms with E-state index in [9.17, 15) is 0 Å². The maximum atomic E-state index is 5.47. The first-order chi connectivity index (χ1) is 29.1. The quantitative estimate of drug-likeness (QED) is 0.107. The molecule has 0 spiro atoms. The molecule has 1 heterocycles. The van der Waals surface area contributed by atoms with Gasteiger partial charge in [0.15, 0.2) is 0 Å². The highest BCUT2D eigenvalue weighted by Gasteiger charge is 2.28. The van der Waals surface area contributed by atoms with Crippen LogP contribution in [0.5, 0.6) is 0 Å². The van der Waals surface area contributed by atoms with E-state index in [1.54, 1.807) is 0 Å². The van der Waals surface area contributed by atoms with Gasteiger partial charge in [0.05, 0.1) is 23.3 Å². The number of benzene rings is 8. The molecule has 8 aromatic carbocycles. The highest BCUT2D eigenvalue weighted by Crippen LogP contribution is 2.41. The Bertz CT molecular complexity index is 3070. The fourth-order valence-electron chi connectivity index (χ4n) is 8.74. The average Bonchev–Trinajstić information content (AvgIpc) is 3.85. The fourth-order valence-corrected chi connectivity index (χ4v) is 8.74. The van der Waals surface area contributed by atoms with Gasteiger partial charge in [-0.1, -0.05) is 152 Å². The van der Waals surface area contributed by atoms with Crippen molar-refractivity contribution in [2.24, 2.45) is 9.98 Å². The molecule has 0 amide bonds. The summed E-state index contributed by atoms with van der Waals surface area (Å²) in [6.45, 7) is 4.57. The van der Waals surface area contributed by atoms with Gasteiger partial charge in [0.1, 0.15) is 5.84 Å². The Morgan fingerprint density at radius 2 is 1.17 bits per heavy atom. The lowest BCUT2D eigenvalue weighted by atomic mass is 9.95. The zero-order valence-corrected chi connectivity index (χ0v) is 33.0. The molecule has 0 fully saturated rings. The summed E-state index contributed by atoms with van der Waals surface area (Å²) < 4.78 is 2.36. The molecule has 10 rings (SSSR count). The SMILES string of the molecule is C=NC1=C(C(=NCc2cccc(-c3ccccc3)c2)N(C)c2ccc(-c3ccc4c(c3)c3ccccc3n4-c3ccccc3)cc2-c2ccccc2)Cc2ccccc21. The Hall–Kier alpha value is -7.56. The Morgan fingerprint density at radius 1 is 0.542 bits per heavy atom. The molecule has 0 atom stereocenters. The molecule has 4 nitrogen and oxygen atoms in total. The van der Waals surface area contributed by atoms with E-state index >= 15 is 0 Å². The number of hydrogen-bond acceptors (Lipinski definition) is 2. The molecule has 1 aromatic heterocycles. The number of fused-ring (bicyclic) bond motifs is 4. The molecule has 282 valence electrons. The third kappa shape index (κ3) is 6.65. The first kappa shape index (κ1) is 35.8. The molecule has 4 heteroatoms. The van der Waals surface area contributed by atoms with Crippen LogP contribution in [0.2, 0.25) is 0 Å². The minimum atomic E-state index is 0.514. The number of para-hydroxylation sites is 2. The maximum absolute atomic E-state index is 5.47. The van der Waals surface area contributed by atoms with Crippen LogP contribution in [0.15, 0.2) is 216 Å². The van der Waals surface area contributed by atoms with Crippen molar-refractivity contribution in [3.63, 3.8) is 0 Å². The van der Waals surface area contributed by atoms with Gasteiger partial charge in [-0.3, -0.25) is 9.98 Å². The third-order valence-electron chi connectivity index (χ3n) is 11.6. The van der Waals surface area contributed by atoms with Crippen molar-refractivity contribution in [3.05, 3.63) is 222 Å². The van der Waals surface area contributed by atoms with Crippen molar-refractivity contribution in [2.45, 2.75) is 13.0 Å². The van der Waals surface area contributed by atoms with Crippen LogP contribution in [0.4, 0.5) is 5.69 Å². The summed E-state index contributed by atoms with van der Waals surface area (Å²) in [5, 5.41) is 2.47. The van der Waals surface area contributed by atoms with Crippen LogP contribution >= 0.6 is 0 Å². The molecule has 0 bridgehead atoms. The van der Waals surface area contributed by atoms with E-state index in [-0.39, 0.29) is 0 Å². The van der Waals surface area contributed by atoms with Gasteiger partial charge in [-0.25, -0.2) is 0 Å². The van der Waals surface area contributed by atoms with Gasteiger partial charge in [-0.15, -0.1) is 0 Å². The van der Waals surface area contributed by atoms with Crippen molar-refractivity contribution in [1.29, 1.82) is 0 Å². The number of aliphatic imine (C=N–C) groups is 2. The number of hydrogen-bond donors (Lipinski definition) is 0. The minimum absolute atomic E-state index is 0.514. The molecular formula is C55H42N4. The second kappa shape index (κ2) is 15.4. The van der Waals surface area contributed by atoms with Crippen LogP contribution in [0.25, 0.3) is 66.6 Å². The highest BCUT2D eigenvalue weighted by molar-refractivity contribution is 6.17. The van der Waals surface area contributed by atoms with E-state index < -0.39 is 0 Å². The summed E-state index contributed by atoms with van der Waals surface area (Å²) in [6, 6.07) is 71.5. The van der Waals surface area contributed by atoms with Crippen molar-refractivity contribution < 1.29 is 0 Å². The Kier molecular flexibility index (Phi) is 9.36. The zero-order chi connectivity index (χ0) is 39.7. The van der Waals surface area contributed by atoms with Crippen LogP contribution in [-0.2, 0) is 13.0 Å². The molecule has 0 aliphatic heterocycles. The van der Waals surface area contributed by atoms with E-state index in [0.29, 0.717) is 6.54 Å². The van der Waals surface area contributed by atoms with Crippen LogP contribution in [-0.4, -0.2) is 24.2 Å². The fraction of sp³-hybridized carbons (Fsp3) is 0.0545. The Labute approximate surface area is 345 Å². The smallest absolute Gasteiger partial charge is 0.133 e. The maximum Gasteiger partial charge on any atom is 0.133 e. The van der Waals surface area contributed by atoms with Gasteiger partial charge in [-0.05, 0) is 94.2 Å². The molecular weight excluding hydrogens is 717 g/mol. The average molecular weight is 759 g/mol. The standard InChI is InChI=1S/C55H42N4/c1-56-54-46-26-13-12-22-44(46)36-50(54)55(57-37-38-17-16-23-41(33-38)39-18-6-3-7-19-39)58(2)51-31-29-42(34-48(51)40-20-8-4-9-21-40)43-30-32-53-49(35-43)47-27-14-15-28-52(47)59(53)45-24-10-5-11-25-45/h3-35H,1,36-37H2,2H3. The van der Waals surface area contributed by atoms with Gasteiger partial charge in [-0.2, -0.15) is 0 Å². The number of amidine groups is 1. The molecule has 0 saturated heterocycles. The van der Waals surface area contributed by atoms with Crippen molar-refractivity contribution in [2.75, 3.05) is 11.9 Å². The number of rotatable bonds is 9. The van der Waals surface area contributed by atoms with E-state index in [4.69, 9.17) is 4.99 Å². The molecule has 1 aliphatic rings. The van der Waals surface area contributed by atoms with Gasteiger partial charge in [0.2, 0.25) is 0 Å². The predicted octanol–water partition coefficient (Wildman–Crippen LogP) is 13.5. The van der Waals surface area contributed by atoms with E-state index in [0.717, 1.165) is 62.7 Å². The van der Waals surface area contributed by atoms with Crippen molar-refractivity contribution in [1.82, 2.24) is 4.57 Å². The molecule has 0 radical (unpaired) electrons. The van der Waals surface area contributed by atoms with Crippen molar-refractivity contribution >= 4 is 45.7 Å². The Balaban J connectivity index is 1.10. The lowest BCUT2D eigenvalue weighted by molar-refractivity contribution is 1.04. The zero-order valence-electron chi connectivity index (χ0n) is 33.0. The monoisotopic (exact) mass is 758 g/mol. The largest absolute Gasteiger partial charge is 0.329 e. The molecule has 9 aromatic rings. The molecule has 1 aliphatic carbocycles. The van der Waals surface area contributed by atoms with Crippen molar-refractivity contribution in [3.8, 4) is 39.1 Å². The topological polar surface area (TPSA) is 32.9 Å². The highest BCUT2D eigenvalue weighted by atomic mass is 15.2. The summed E-state index contributed by atoms with van der Waals surface area (Å²) in [6.07, 6.45) is 0.729. The summed E-state index contributed by atoms with van der Waals surface area (Å²) in [5.41, 5.74) is 17.0. The molecule has 0 N–H and O–H groups in total. The lowest BCUT2D eigenvalue weighted by Gasteiger charge is -2.26. The van der Waals surface area contributed by atoms with Crippen LogP contribution in [0, 0.1) is 0 Å². The first-order valence-electron chi connectivity index (χ1n) is 20.1. The number of likely N-dealkylation sites (N-methyl/N-ethyl adjacent to an activating group) is 1. The van der Waals surface area contributed by atoms with Gasteiger partial charge in [0.25, 0.3) is 0 Å². The Morgan fingerprint density at radius 3 is 1.97 bits per heavy atom. The van der Waals surface area contributed by atoms with Gasteiger partial charge in [0, 0.05) is 52.3 Å². The summed E-state index contributed by atoms with van der Waals surface area (Å²) >= 11 is 0. The number of aromatic nitrogens is 1. The molecule has 0 unspecified atom stereocenters. The summed E-state index contributed by atoms with van der Waals surface area (Å²) in [5.74, 6) is 0.883. The lowest BCUT2D eigenvalue weighted by Crippen LogP contribution is -2.29. The number of anilines is 1. The second-order valence-electron chi connectivity index (χ2n) is 15.1. The predicted molar refractivity (Wildman–Crippen MR) is 250 cm³/mol. The normalized spacial score (nSPS) is 12.6. The van der Waals surface area contributed by atoms with E-state index in [2.05, 4.69) is 228 Å². The van der Waals surface area contributed by atoms with Crippen LogP contribution < -0.4 is 4.90 Å².